The molecule has 1 aromatic rings. The molecule has 3 aliphatic rings. The largest absolute Gasteiger partial charge is 0.387 e. The number of rotatable bonds is 3. The highest BCUT2D eigenvalue weighted by Gasteiger charge is 2.28. The summed E-state index contributed by atoms with van der Waals surface area (Å²) in [5.74, 6) is 2.60. The Morgan fingerprint density at radius 3 is 2.00 bits per heavy atom. The highest BCUT2D eigenvalue weighted by molar-refractivity contribution is 7.13. The van der Waals surface area contributed by atoms with Gasteiger partial charge in [-0.15, -0.1) is 0 Å². The Balaban J connectivity index is 1.27. The van der Waals surface area contributed by atoms with Crippen molar-refractivity contribution < 1.29 is 4.84 Å². The normalized spacial score (nSPS) is 30.5. The first kappa shape index (κ1) is 23.2. The number of hydrogen-bond donors (Lipinski definition) is 0. The predicted molar refractivity (Wildman–Crippen MR) is 134 cm³/mol. The first-order chi connectivity index (χ1) is 15.3. The number of benzene rings is 1. The molecule has 0 radical (unpaired) electrons. The first-order valence-corrected chi connectivity index (χ1v) is 13.6. The molecule has 0 aromatic heterocycles. The van der Waals surface area contributed by atoms with E-state index in [1.807, 2.05) is 0 Å². The van der Waals surface area contributed by atoms with Crippen molar-refractivity contribution >= 4 is 15.1 Å². The Labute approximate surface area is 192 Å². The van der Waals surface area contributed by atoms with Gasteiger partial charge in [-0.2, -0.15) is 0 Å². The van der Waals surface area contributed by atoms with Crippen molar-refractivity contribution in [2.24, 2.45) is 22.9 Å². The molecule has 0 amide bonds. The SMILES string of the molecule is PN1CCC(C2CCCCCCC(C3=NOC(c4ccccc4)C3)CCCCC2)CC1. The molecule has 2 heterocycles. The summed E-state index contributed by atoms with van der Waals surface area (Å²) in [6.45, 7) is 2.56. The Bertz CT molecular complexity index is 671. The molecule has 4 unspecified atom stereocenters. The summed E-state index contributed by atoms with van der Waals surface area (Å²) in [6, 6.07) is 10.6. The third kappa shape index (κ3) is 7.03. The van der Waals surface area contributed by atoms with Crippen molar-refractivity contribution in [3.05, 3.63) is 35.9 Å². The van der Waals surface area contributed by atoms with Crippen LogP contribution in [-0.2, 0) is 4.84 Å². The zero-order valence-corrected chi connectivity index (χ0v) is 20.5. The van der Waals surface area contributed by atoms with Crippen LogP contribution in [-0.4, -0.2) is 23.5 Å². The maximum atomic E-state index is 5.87. The second kappa shape index (κ2) is 12.4. The van der Waals surface area contributed by atoms with E-state index in [4.69, 9.17) is 4.84 Å². The Morgan fingerprint density at radius 1 is 0.742 bits per heavy atom. The van der Waals surface area contributed by atoms with Crippen molar-refractivity contribution in [3.8, 4) is 0 Å². The molecule has 1 aliphatic carbocycles. The summed E-state index contributed by atoms with van der Waals surface area (Å²) in [7, 11) is 2.91. The van der Waals surface area contributed by atoms with Crippen molar-refractivity contribution in [1.29, 1.82) is 0 Å². The van der Waals surface area contributed by atoms with Gasteiger partial charge in [0.15, 0.2) is 6.10 Å². The van der Waals surface area contributed by atoms with Crippen LogP contribution in [0, 0.1) is 17.8 Å². The zero-order valence-electron chi connectivity index (χ0n) is 19.4. The van der Waals surface area contributed by atoms with Gasteiger partial charge in [0.1, 0.15) is 0 Å². The van der Waals surface area contributed by atoms with Crippen molar-refractivity contribution in [1.82, 2.24) is 4.67 Å². The topological polar surface area (TPSA) is 24.8 Å². The Kier molecular flexibility index (Phi) is 9.26. The highest BCUT2D eigenvalue weighted by Crippen LogP contribution is 2.36. The van der Waals surface area contributed by atoms with Gasteiger partial charge in [0, 0.05) is 25.4 Å². The van der Waals surface area contributed by atoms with Gasteiger partial charge in [-0.1, -0.05) is 103 Å². The lowest BCUT2D eigenvalue weighted by atomic mass is 9.79. The summed E-state index contributed by atoms with van der Waals surface area (Å²) in [5.41, 5.74) is 2.61. The smallest absolute Gasteiger partial charge is 0.157 e. The third-order valence-electron chi connectivity index (χ3n) is 8.08. The molecule has 2 aliphatic heterocycles. The molecule has 0 N–H and O–H groups in total. The lowest BCUT2D eigenvalue weighted by Crippen LogP contribution is -2.30. The van der Waals surface area contributed by atoms with Gasteiger partial charge >= 0.3 is 0 Å². The fraction of sp³-hybridized carbons (Fsp3) is 0.741. The van der Waals surface area contributed by atoms with E-state index in [0.717, 1.165) is 18.3 Å². The van der Waals surface area contributed by atoms with Crippen LogP contribution in [0.25, 0.3) is 0 Å². The van der Waals surface area contributed by atoms with Gasteiger partial charge in [-0.25, -0.2) is 0 Å². The van der Waals surface area contributed by atoms with E-state index in [0.29, 0.717) is 5.92 Å². The van der Waals surface area contributed by atoms with Gasteiger partial charge in [-0.3, -0.25) is 4.67 Å². The van der Waals surface area contributed by atoms with E-state index >= 15 is 0 Å². The van der Waals surface area contributed by atoms with E-state index in [2.05, 4.69) is 49.5 Å². The van der Waals surface area contributed by atoms with Crippen LogP contribution in [0.3, 0.4) is 0 Å². The average Bonchev–Trinajstić information content (AvgIpc) is 3.30. The molecule has 4 rings (SSSR count). The van der Waals surface area contributed by atoms with Crippen molar-refractivity contribution in [3.63, 3.8) is 0 Å². The van der Waals surface area contributed by atoms with Crippen molar-refractivity contribution in [2.45, 2.75) is 96.0 Å². The van der Waals surface area contributed by atoms with Crippen LogP contribution in [0.2, 0.25) is 0 Å². The van der Waals surface area contributed by atoms with Gasteiger partial charge in [0.25, 0.3) is 0 Å². The second-order valence-corrected chi connectivity index (χ2v) is 11.0. The molecule has 4 heteroatoms. The minimum absolute atomic E-state index is 0.134. The van der Waals surface area contributed by atoms with Gasteiger partial charge in [0.05, 0.1) is 5.71 Å². The van der Waals surface area contributed by atoms with E-state index in [1.165, 1.54) is 108 Å². The zero-order chi connectivity index (χ0) is 21.3. The van der Waals surface area contributed by atoms with Gasteiger partial charge in [0.2, 0.25) is 0 Å². The summed E-state index contributed by atoms with van der Waals surface area (Å²) < 4.78 is 2.44. The van der Waals surface area contributed by atoms with E-state index < -0.39 is 0 Å². The fourth-order valence-electron chi connectivity index (χ4n) is 6.09. The molecule has 31 heavy (non-hydrogen) atoms. The first-order valence-electron chi connectivity index (χ1n) is 13.1. The Hall–Kier alpha value is -0.920. The van der Waals surface area contributed by atoms with Crippen LogP contribution in [0.4, 0.5) is 0 Å². The van der Waals surface area contributed by atoms with E-state index in [1.54, 1.807) is 0 Å². The minimum Gasteiger partial charge on any atom is -0.387 e. The van der Waals surface area contributed by atoms with Crippen LogP contribution < -0.4 is 0 Å². The van der Waals surface area contributed by atoms with Crippen LogP contribution >= 0.6 is 9.39 Å². The lowest BCUT2D eigenvalue weighted by Gasteiger charge is -2.34. The predicted octanol–water partition coefficient (Wildman–Crippen LogP) is 7.54. The average molecular weight is 443 g/mol. The third-order valence-corrected chi connectivity index (χ3v) is 8.60. The molecular weight excluding hydrogens is 399 g/mol. The summed E-state index contributed by atoms with van der Waals surface area (Å²) in [4.78, 5) is 5.87. The number of piperidine rings is 1. The fourth-order valence-corrected chi connectivity index (χ4v) is 6.39. The van der Waals surface area contributed by atoms with Gasteiger partial charge in [-0.05, 0) is 43.1 Å². The number of nitrogens with zero attached hydrogens (tertiary/aromatic N) is 2. The summed E-state index contributed by atoms with van der Waals surface area (Å²) in [5, 5.41) is 4.59. The molecule has 1 aromatic carbocycles. The van der Waals surface area contributed by atoms with E-state index in [-0.39, 0.29) is 6.10 Å². The monoisotopic (exact) mass is 442 g/mol. The lowest BCUT2D eigenvalue weighted by molar-refractivity contribution is 0.0856. The second-order valence-electron chi connectivity index (χ2n) is 10.3. The molecule has 3 nitrogen and oxygen atoms in total. The standard InChI is InChI=1S/C27H43N2OP/c31-29-19-17-23(18-20-29)22-11-5-1-2-6-13-24(14-8-3-7-12-22)26-21-27(30-28-26)25-15-9-4-10-16-25/h4,9-10,15-16,22-24,27H,1-3,5-8,11-14,17-21,31H2. The maximum Gasteiger partial charge on any atom is 0.157 e. The van der Waals surface area contributed by atoms with Crippen LogP contribution in [0.5, 0.6) is 0 Å². The highest BCUT2D eigenvalue weighted by atomic mass is 31.0. The van der Waals surface area contributed by atoms with Crippen LogP contribution in [0.1, 0.15) is 102 Å². The van der Waals surface area contributed by atoms with E-state index in [9.17, 15) is 0 Å². The molecule has 0 bridgehead atoms. The van der Waals surface area contributed by atoms with Crippen LogP contribution in [0.15, 0.2) is 35.5 Å². The molecule has 1 saturated carbocycles. The number of hydrogen-bond acceptors (Lipinski definition) is 3. The van der Waals surface area contributed by atoms with Gasteiger partial charge < -0.3 is 4.84 Å². The summed E-state index contributed by atoms with van der Waals surface area (Å²) >= 11 is 0. The summed E-state index contributed by atoms with van der Waals surface area (Å²) in [6.07, 6.45) is 19.3. The molecule has 2 fully saturated rings. The molecule has 172 valence electrons. The van der Waals surface area contributed by atoms with Crippen molar-refractivity contribution in [2.75, 3.05) is 13.1 Å². The quantitative estimate of drug-likeness (QED) is 0.452. The molecule has 0 spiro atoms. The Morgan fingerprint density at radius 2 is 1.32 bits per heavy atom. The molecular formula is C27H43N2OP. The maximum absolute atomic E-state index is 5.87. The minimum atomic E-state index is 0.134. The molecule has 1 saturated heterocycles. The number of oxime groups is 1. The molecule has 4 atom stereocenters.